The number of aliphatic hydroxyl groups excluding tert-OH is 2. The van der Waals surface area contributed by atoms with E-state index in [-0.39, 0.29) is 25.2 Å². The molecule has 40 heavy (non-hydrogen) atoms. The van der Waals surface area contributed by atoms with Crippen molar-refractivity contribution in [2.45, 2.75) is 25.1 Å². The minimum Gasteiger partial charge on any atom is -0.497 e. The molecular formula is C33H36N2O5. The van der Waals surface area contributed by atoms with Crippen LogP contribution in [0.4, 0.5) is 5.69 Å². The number of methoxy groups -OCH3 is 1. The Balaban J connectivity index is 1.40. The van der Waals surface area contributed by atoms with E-state index in [9.17, 15) is 15.0 Å². The lowest BCUT2D eigenvalue weighted by Crippen LogP contribution is -2.44. The summed E-state index contributed by atoms with van der Waals surface area (Å²) in [5.74, 6) is 1.19. The highest BCUT2D eigenvalue weighted by Crippen LogP contribution is 2.18. The van der Waals surface area contributed by atoms with Crippen LogP contribution >= 0.6 is 0 Å². The third-order valence-electron chi connectivity index (χ3n) is 6.62. The van der Waals surface area contributed by atoms with Gasteiger partial charge in [0.1, 0.15) is 24.2 Å². The van der Waals surface area contributed by atoms with E-state index >= 15 is 0 Å². The molecule has 0 unspecified atom stereocenters. The molecule has 0 radical (unpaired) electrons. The molecule has 7 nitrogen and oxygen atoms in total. The van der Waals surface area contributed by atoms with Crippen LogP contribution in [0.5, 0.6) is 11.5 Å². The number of rotatable bonds is 14. The van der Waals surface area contributed by atoms with Crippen LogP contribution in [0.1, 0.15) is 21.5 Å². The Labute approximate surface area is 235 Å². The van der Waals surface area contributed by atoms with Gasteiger partial charge in [-0.3, -0.25) is 9.69 Å². The maximum Gasteiger partial charge on any atom is 0.255 e. The van der Waals surface area contributed by atoms with Gasteiger partial charge >= 0.3 is 0 Å². The van der Waals surface area contributed by atoms with Crippen molar-refractivity contribution in [1.29, 1.82) is 0 Å². The Kier molecular flexibility index (Phi) is 10.7. The fourth-order valence-electron chi connectivity index (χ4n) is 4.44. The molecule has 0 aliphatic carbocycles. The number of carbonyl (C=O) groups excluding carboxylic acids is 1. The van der Waals surface area contributed by atoms with Crippen LogP contribution in [-0.4, -0.2) is 60.0 Å². The molecule has 4 rings (SSSR count). The number of benzene rings is 4. The second-order valence-corrected chi connectivity index (χ2v) is 9.61. The van der Waals surface area contributed by atoms with Gasteiger partial charge in [-0.25, -0.2) is 0 Å². The van der Waals surface area contributed by atoms with E-state index in [0.29, 0.717) is 42.3 Å². The van der Waals surface area contributed by atoms with Crippen LogP contribution < -0.4 is 14.8 Å². The summed E-state index contributed by atoms with van der Waals surface area (Å²) in [4.78, 5) is 14.7. The number of ether oxygens (including phenoxy) is 2. The fraction of sp³-hybridized carbons (Fsp3) is 0.242. The van der Waals surface area contributed by atoms with Crippen LogP contribution in [0.25, 0.3) is 0 Å². The average molecular weight is 541 g/mol. The van der Waals surface area contributed by atoms with E-state index in [0.717, 1.165) is 11.1 Å². The van der Waals surface area contributed by atoms with Gasteiger partial charge in [0.25, 0.3) is 5.91 Å². The van der Waals surface area contributed by atoms with Crippen LogP contribution in [0.3, 0.4) is 0 Å². The Hall–Kier alpha value is -4.17. The molecule has 4 aromatic carbocycles. The van der Waals surface area contributed by atoms with Crippen LogP contribution in [-0.2, 0) is 13.0 Å². The van der Waals surface area contributed by atoms with Gasteiger partial charge < -0.3 is 25.0 Å². The molecule has 0 heterocycles. The SMILES string of the molecule is COc1ccc(C(=O)Nc2ccc(C[C@@H](CO)N(Cc3ccccc3)C[C@H](O)COc3ccccc3)cc2)cc1. The molecule has 0 aromatic heterocycles. The Morgan fingerprint density at radius 2 is 1.48 bits per heavy atom. The summed E-state index contributed by atoms with van der Waals surface area (Å²) in [5.41, 5.74) is 3.32. The fourth-order valence-corrected chi connectivity index (χ4v) is 4.44. The van der Waals surface area contributed by atoms with E-state index in [1.807, 2.05) is 84.9 Å². The first-order chi connectivity index (χ1) is 19.5. The number of hydrogen-bond donors (Lipinski definition) is 3. The van der Waals surface area contributed by atoms with Gasteiger partial charge in [0.05, 0.1) is 13.7 Å². The minimum absolute atomic E-state index is 0.0744. The Morgan fingerprint density at radius 1 is 0.825 bits per heavy atom. The molecule has 0 fully saturated rings. The summed E-state index contributed by atoms with van der Waals surface area (Å²) in [6.07, 6.45) is -0.170. The van der Waals surface area contributed by atoms with Gasteiger partial charge in [-0.1, -0.05) is 60.7 Å². The number of anilines is 1. The van der Waals surface area contributed by atoms with Crippen molar-refractivity contribution in [2.24, 2.45) is 0 Å². The highest BCUT2D eigenvalue weighted by Gasteiger charge is 2.22. The third-order valence-corrected chi connectivity index (χ3v) is 6.62. The Bertz CT molecular complexity index is 1300. The van der Waals surface area contributed by atoms with Crippen LogP contribution in [0.15, 0.2) is 109 Å². The maximum atomic E-state index is 12.6. The molecule has 208 valence electrons. The highest BCUT2D eigenvalue weighted by molar-refractivity contribution is 6.04. The number of para-hydroxylation sites is 1. The van der Waals surface area contributed by atoms with Gasteiger partial charge in [0, 0.05) is 30.4 Å². The van der Waals surface area contributed by atoms with Crippen molar-refractivity contribution < 1.29 is 24.5 Å². The molecule has 0 aliphatic heterocycles. The summed E-state index contributed by atoms with van der Waals surface area (Å²) < 4.78 is 10.9. The number of aliphatic hydroxyl groups is 2. The molecule has 1 amide bonds. The molecule has 3 N–H and O–H groups in total. The summed E-state index contributed by atoms with van der Waals surface area (Å²) >= 11 is 0. The van der Waals surface area contributed by atoms with Crippen LogP contribution in [0, 0.1) is 0 Å². The van der Waals surface area contributed by atoms with Crippen molar-refractivity contribution in [3.8, 4) is 11.5 Å². The lowest BCUT2D eigenvalue weighted by atomic mass is 10.0. The minimum atomic E-state index is -0.742. The van der Waals surface area contributed by atoms with Crippen molar-refractivity contribution in [1.82, 2.24) is 4.90 Å². The molecule has 0 aliphatic rings. The number of amides is 1. The zero-order chi connectivity index (χ0) is 28.2. The molecule has 0 spiro atoms. The van der Waals surface area contributed by atoms with Gasteiger partial charge in [-0.2, -0.15) is 0 Å². The lowest BCUT2D eigenvalue weighted by Gasteiger charge is -2.32. The van der Waals surface area contributed by atoms with Gasteiger partial charge in [0.15, 0.2) is 0 Å². The van der Waals surface area contributed by atoms with Gasteiger partial charge in [-0.15, -0.1) is 0 Å². The van der Waals surface area contributed by atoms with E-state index in [2.05, 4.69) is 10.2 Å². The molecule has 0 saturated heterocycles. The number of nitrogens with one attached hydrogen (secondary N) is 1. The molecular weight excluding hydrogens is 504 g/mol. The second-order valence-electron chi connectivity index (χ2n) is 9.61. The van der Waals surface area contributed by atoms with E-state index in [1.165, 1.54) is 0 Å². The number of hydrogen-bond acceptors (Lipinski definition) is 6. The van der Waals surface area contributed by atoms with Gasteiger partial charge in [0.2, 0.25) is 0 Å². The first-order valence-corrected chi connectivity index (χ1v) is 13.3. The molecule has 0 saturated carbocycles. The lowest BCUT2D eigenvalue weighted by molar-refractivity contribution is 0.0335. The predicted octanol–water partition coefficient (Wildman–Crippen LogP) is 4.79. The van der Waals surface area contributed by atoms with E-state index < -0.39 is 6.10 Å². The van der Waals surface area contributed by atoms with E-state index in [4.69, 9.17) is 9.47 Å². The van der Waals surface area contributed by atoms with Crippen molar-refractivity contribution in [3.05, 3.63) is 126 Å². The zero-order valence-corrected chi connectivity index (χ0v) is 22.6. The quantitative estimate of drug-likeness (QED) is 0.213. The van der Waals surface area contributed by atoms with Crippen LogP contribution in [0.2, 0.25) is 0 Å². The van der Waals surface area contributed by atoms with Crippen molar-refractivity contribution >= 4 is 11.6 Å². The van der Waals surface area contributed by atoms with E-state index in [1.54, 1.807) is 31.4 Å². The van der Waals surface area contributed by atoms with Crippen molar-refractivity contribution in [2.75, 3.05) is 32.2 Å². The van der Waals surface area contributed by atoms with Gasteiger partial charge in [-0.05, 0) is 66.1 Å². The molecule has 7 heteroatoms. The predicted molar refractivity (Wildman–Crippen MR) is 157 cm³/mol. The third kappa shape index (κ3) is 8.68. The molecule has 4 aromatic rings. The summed E-state index contributed by atoms with van der Waals surface area (Å²) in [7, 11) is 1.58. The monoisotopic (exact) mass is 540 g/mol. The second kappa shape index (κ2) is 14.8. The zero-order valence-electron chi connectivity index (χ0n) is 22.6. The summed E-state index contributed by atoms with van der Waals surface area (Å²) in [5, 5.41) is 24.1. The largest absolute Gasteiger partial charge is 0.497 e. The standard InChI is InChI=1S/C33H36N2O5/c1-39-31-18-14-27(15-19-31)33(38)34-28-16-12-25(13-17-28)20-29(23-36)35(21-26-8-4-2-5-9-26)22-30(37)24-40-32-10-6-3-7-11-32/h2-19,29-30,36-37H,20-24H2,1H3,(H,34,38)/t29-,30-/m0/s1. The highest BCUT2D eigenvalue weighted by atomic mass is 16.5. The number of nitrogens with zero attached hydrogens (tertiary/aromatic N) is 1. The summed E-state index contributed by atoms with van der Waals surface area (Å²) in [6.45, 7) is 0.985. The topological polar surface area (TPSA) is 91.3 Å². The first kappa shape index (κ1) is 28.8. The first-order valence-electron chi connectivity index (χ1n) is 13.3. The molecule has 2 atom stereocenters. The number of carbonyl (C=O) groups is 1. The average Bonchev–Trinajstić information content (AvgIpc) is 3.00. The normalized spacial score (nSPS) is 12.5. The maximum absolute atomic E-state index is 12.6. The molecule has 0 bridgehead atoms. The smallest absolute Gasteiger partial charge is 0.255 e. The summed E-state index contributed by atoms with van der Waals surface area (Å²) in [6, 6.07) is 33.7. The van der Waals surface area contributed by atoms with Crippen molar-refractivity contribution in [3.63, 3.8) is 0 Å². The Morgan fingerprint density at radius 3 is 2.10 bits per heavy atom.